The smallest absolute Gasteiger partial charge is 0.0806 e. The van der Waals surface area contributed by atoms with Crippen LogP contribution >= 0.6 is 0 Å². The lowest BCUT2D eigenvalue weighted by atomic mass is 10.2. The first-order valence-corrected chi connectivity index (χ1v) is 4.65. The molecule has 0 aromatic heterocycles. The molecule has 1 aliphatic heterocycles. The average Bonchev–Trinajstić information content (AvgIpc) is 2.58. The lowest BCUT2D eigenvalue weighted by Gasteiger charge is -2.00. The van der Waals surface area contributed by atoms with E-state index < -0.39 is 0 Å². The molecule has 1 heterocycles. The van der Waals surface area contributed by atoms with Gasteiger partial charge in [0.15, 0.2) is 0 Å². The van der Waals surface area contributed by atoms with E-state index in [0.29, 0.717) is 0 Å². The summed E-state index contributed by atoms with van der Waals surface area (Å²) in [6.45, 7) is 6.70. The maximum Gasteiger partial charge on any atom is 0.0806 e. The molecule has 3 heteroatoms. The summed E-state index contributed by atoms with van der Waals surface area (Å²) < 4.78 is 9.89. The summed E-state index contributed by atoms with van der Waals surface area (Å²) in [5.41, 5.74) is 0. The van der Waals surface area contributed by atoms with E-state index in [1.54, 1.807) is 0 Å². The topological polar surface area (TPSA) is 38.7 Å². The molecule has 1 unspecified atom stereocenters. The van der Waals surface area contributed by atoms with E-state index in [1.165, 1.54) is 0 Å². The molecule has 1 saturated heterocycles. The lowest BCUT2D eigenvalue weighted by molar-refractivity contribution is 0.0591. The summed E-state index contributed by atoms with van der Waals surface area (Å²) >= 11 is 0. The van der Waals surface area contributed by atoms with Gasteiger partial charge in [0.25, 0.3) is 0 Å². The molecule has 1 atom stereocenters. The minimum atomic E-state index is 0.153. The summed E-state index contributed by atoms with van der Waals surface area (Å²) in [5, 5.41) is 8.44. The zero-order valence-electron chi connectivity index (χ0n) is 8.08. The van der Waals surface area contributed by atoms with E-state index >= 15 is 0 Å². The van der Waals surface area contributed by atoms with Gasteiger partial charge in [-0.15, -0.1) is 0 Å². The summed E-state index contributed by atoms with van der Waals surface area (Å²) in [4.78, 5) is 0. The molecule has 74 valence electrons. The van der Waals surface area contributed by atoms with E-state index in [9.17, 15) is 0 Å². The molecule has 1 aliphatic rings. The third-order valence-corrected chi connectivity index (χ3v) is 1.64. The molecule has 0 spiro atoms. The Bertz CT molecular complexity index is 77.8. The van der Waals surface area contributed by atoms with Gasteiger partial charge in [0.05, 0.1) is 12.7 Å². The fourth-order valence-corrected chi connectivity index (χ4v) is 0.992. The first-order chi connectivity index (χ1) is 5.85. The van der Waals surface area contributed by atoms with Gasteiger partial charge in [-0.25, -0.2) is 0 Å². The van der Waals surface area contributed by atoms with Gasteiger partial charge >= 0.3 is 0 Å². The van der Waals surface area contributed by atoms with Crippen LogP contribution in [0.4, 0.5) is 0 Å². The third-order valence-electron chi connectivity index (χ3n) is 1.64. The van der Waals surface area contributed by atoms with Gasteiger partial charge in [-0.3, -0.25) is 0 Å². The zero-order valence-corrected chi connectivity index (χ0v) is 8.08. The molecule has 0 bridgehead atoms. The van der Waals surface area contributed by atoms with Crippen LogP contribution in [0.25, 0.3) is 0 Å². The Balaban J connectivity index is 0.000000217. The van der Waals surface area contributed by atoms with Gasteiger partial charge in [-0.2, -0.15) is 0 Å². The molecule has 3 nitrogen and oxygen atoms in total. The van der Waals surface area contributed by atoms with Crippen molar-refractivity contribution in [1.29, 1.82) is 0 Å². The van der Waals surface area contributed by atoms with Crippen LogP contribution in [-0.4, -0.2) is 37.6 Å². The monoisotopic (exact) mass is 176 g/mol. The van der Waals surface area contributed by atoms with Crippen LogP contribution in [0.3, 0.4) is 0 Å². The van der Waals surface area contributed by atoms with Crippen molar-refractivity contribution in [2.75, 3.05) is 26.4 Å². The molecule has 0 saturated carbocycles. The first-order valence-electron chi connectivity index (χ1n) is 4.65. The molecule has 0 aliphatic carbocycles. The fraction of sp³-hybridized carbons (Fsp3) is 1.00. The maximum atomic E-state index is 8.44. The largest absolute Gasteiger partial charge is 0.394 e. The predicted octanol–water partition coefficient (Wildman–Crippen LogP) is 1.20. The highest BCUT2D eigenvalue weighted by Gasteiger charge is 2.12. The number of ether oxygens (including phenoxy) is 2. The fourth-order valence-electron chi connectivity index (χ4n) is 0.992. The second-order valence-electron chi connectivity index (χ2n) is 2.60. The quantitative estimate of drug-likeness (QED) is 0.702. The highest BCUT2D eigenvalue weighted by Crippen LogP contribution is 2.09. The van der Waals surface area contributed by atoms with Gasteiger partial charge in [0.2, 0.25) is 0 Å². The van der Waals surface area contributed by atoms with Crippen molar-refractivity contribution in [3.05, 3.63) is 0 Å². The molecule has 0 aromatic carbocycles. The Labute approximate surface area is 74.7 Å². The molecule has 1 N–H and O–H groups in total. The SMILES string of the molecule is CCOCC.OCC1CCCO1. The highest BCUT2D eigenvalue weighted by atomic mass is 16.5. The van der Waals surface area contributed by atoms with E-state index in [0.717, 1.165) is 32.7 Å². The zero-order chi connectivity index (χ0) is 9.23. The highest BCUT2D eigenvalue weighted by molar-refractivity contribution is 4.61. The Morgan fingerprint density at radius 2 is 2.08 bits per heavy atom. The maximum absolute atomic E-state index is 8.44. The minimum Gasteiger partial charge on any atom is -0.394 e. The van der Waals surface area contributed by atoms with Crippen LogP contribution in [0, 0.1) is 0 Å². The number of aliphatic hydroxyl groups excluding tert-OH is 1. The van der Waals surface area contributed by atoms with E-state index in [2.05, 4.69) is 0 Å². The molecule has 0 radical (unpaired) electrons. The van der Waals surface area contributed by atoms with Gasteiger partial charge < -0.3 is 14.6 Å². The van der Waals surface area contributed by atoms with Crippen LogP contribution < -0.4 is 0 Å². The minimum absolute atomic E-state index is 0.153. The van der Waals surface area contributed by atoms with Gasteiger partial charge in [-0.1, -0.05) is 0 Å². The van der Waals surface area contributed by atoms with Crippen molar-refractivity contribution < 1.29 is 14.6 Å². The normalized spacial score (nSPS) is 21.8. The molecule has 1 rings (SSSR count). The van der Waals surface area contributed by atoms with Crippen LogP contribution in [0.2, 0.25) is 0 Å². The van der Waals surface area contributed by atoms with Crippen LogP contribution in [0.1, 0.15) is 26.7 Å². The van der Waals surface area contributed by atoms with E-state index in [4.69, 9.17) is 14.6 Å². The van der Waals surface area contributed by atoms with E-state index in [1.807, 2.05) is 13.8 Å². The molecular formula is C9H20O3. The summed E-state index contributed by atoms with van der Waals surface area (Å²) in [5.74, 6) is 0. The first kappa shape index (κ1) is 11.9. The van der Waals surface area contributed by atoms with Gasteiger partial charge in [0, 0.05) is 19.8 Å². The third kappa shape index (κ3) is 6.58. The standard InChI is InChI=1S/C5H10O2.C4H10O/c6-4-5-2-1-3-7-5;1-3-5-4-2/h5-6H,1-4H2;3-4H2,1-2H3. The molecular weight excluding hydrogens is 156 g/mol. The molecule has 0 amide bonds. The lowest BCUT2D eigenvalue weighted by Crippen LogP contribution is -2.09. The summed E-state index contributed by atoms with van der Waals surface area (Å²) in [7, 11) is 0. The van der Waals surface area contributed by atoms with Crippen molar-refractivity contribution >= 4 is 0 Å². The Morgan fingerprint density at radius 3 is 2.25 bits per heavy atom. The van der Waals surface area contributed by atoms with Gasteiger partial charge in [-0.05, 0) is 26.7 Å². The van der Waals surface area contributed by atoms with Crippen LogP contribution in [0.15, 0.2) is 0 Å². The number of rotatable bonds is 3. The van der Waals surface area contributed by atoms with Crippen LogP contribution in [0.5, 0.6) is 0 Å². The van der Waals surface area contributed by atoms with Crippen LogP contribution in [-0.2, 0) is 9.47 Å². The number of hydrogen-bond acceptors (Lipinski definition) is 3. The Hall–Kier alpha value is -0.120. The Kier molecular flexibility index (Phi) is 8.88. The van der Waals surface area contributed by atoms with E-state index in [-0.39, 0.29) is 12.7 Å². The summed E-state index contributed by atoms with van der Waals surface area (Å²) in [6.07, 6.45) is 2.31. The summed E-state index contributed by atoms with van der Waals surface area (Å²) in [6, 6.07) is 0. The molecule has 12 heavy (non-hydrogen) atoms. The predicted molar refractivity (Wildman–Crippen MR) is 48.2 cm³/mol. The Morgan fingerprint density at radius 1 is 1.42 bits per heavy atom. The second kappa shape index (κ2) is 8.97. The van der Waals surface area contributed by atoms with Crippen molar-refractivity contribution in [1.82, 2.24) is 0 Å². The van der Waals surface area contributed by atoms with Crippen molar-refractivity contribution in [2.45, 2.75) is 32.8 Å². The van der Waals surface area contributed by atoms with Gasteiger partial charge in [0.1, 0.15) is 0 Å². The van der Waals surface area contributed by atoms with Crippen molar-refractivity contribution in [2.24, 2.45) is 0 Å². The molecule has 0 aromatic rings. The van der Waals surface area contributed by atoms with Crippen molar-refractivity contribution in [3.63, 3.8) is 0 Å². The average molecular weight is 176 g/mol. The number of aliphatic hydroxyl groups is 1. The second-order valence-corrected chi connectivity index (χ2v) is 2.60. The van der Waals surface area contributed by atoms with Crippen molar-refractivity contribution in [3.8, 4) is 0 Å². The molecule has 1 fully saturated rings. The number of hydrogen-bond donors (Lipinski definition) is 1.